The molecule has 0 aromatic carbocycles. The summed E-state index contributed by atoms with van der Waals surface area (Å²) in [6, 6.07) is 0. The van der Waals surface area contributed by atoms with E-state index in [9.17, 15) is 4.79 Å². The van der Waals surface area contributed by atoms with Crippen molar-refractivity contribution >= 4 is 5.82 Å². The first kappa shape index (κ1) is 13.3. The van der Waals surface area contributed by atoms with Crippen molar-refractivity contribution in [3.05, 3.63) is 22.7 Å². The fourth-order valence-electron chi connectivity index (χ4n) is 1.36. The molecule has 1 aromatic heterocycles. The van der Waals surface area contributed by atoms with E-state index in [1.165, 1.54) is 0 Å². The Morgan fingerprint density at radius 3 is 2.41 bits per heavy atom. The van der Waals surface area contributed by atoms with E-state index in [2.05, 4.69) is 16.2 Å². The third-order valence-corrected chi connectivity index (χ3v) is 2.36. The summed E-state index contributed by atoms with van der Waals surface area (Å²) in [5.74, 6) is 2.86. The van der Waals surface area contributed by atoms with Gasteiger partial charge in [0.05, 0.1) is 5.54 Å². The highest BCUT2D eigenvalue weighted by Gasteiger charge is 2.20. The number of nitrogens with one attached hydrogen (secondary N) is 1. The third-order valence-electron chi connectivity index (χ3n) is 2.36. The number of aromatic nitrogens is 2. The van der Waals surface area contributed by atoms with Crippen molar-refractivity contribution in [2.45, 2.75) is 45.7 Å². The maximum atomic E-state index is 12.2. The minimum absolute atomic E-state index is 0.164. The zero-order valence-corrected chi connectivity index (χ0v) is 11.0. The molecule has 0 unspecified atom stereocenters. The van der Waals surface area contributed by atoms with Crippen LogP contribution in [0.3, 0.4) is 0 Å². The van der Waals surface area contributed by atoms with Gasteiger partial charge in [0.2, 0.25) is 0 Å². The number of hydrogen-bond donors (Lipinski definition) is 1. The minimum Gasteiger partial charge on any atom is -0.350 e. The highest BCUT2D eigenvalue weighted by molar-refractivity contribution is 5.38. The highest BCUT2D eigenvalue weighted by Crippen LogP contribution is 2.12. The maximum Gasteiger partial charge on any atom is 0.293 e. The number of terminal acetylenes is 1. The molecule has 1 heterocycles. The van der Waals surface area contributed by atoms with Crippen LogP contribution < -0.4 is 10.9 Å². The van der Waals surface area contributed by atoms with Crippen molar-refractivity contribution in [2.24, 2.45) is 0 Å². The van der Waals surface area contributed by atoms with Crippen LogP contribution in [0.1, 0.15) is 34.6 Å². The SMILES string of the molecule is C#CC(C)(C)Nc1nccn(C(C)(C)C)c1=O. The number of hydrogen-bond acceptors (Lipinski definition) is 3. The van der Waals surface area contributed by atoms with Crippen molar-refractivity contribution in [2.75, 3.05) is 5.32 Å². The quantitative estimate of drug-likeness (QED) is 0.793. The molecule has 0 fully saturated rings. The van der Waals surface area contributed by atoms with Crippen LogP contribution in [0, 0.1) is 12.3 Å². The molecule has 4 nitrogen and oxygen atoms in total. The summed E-state index contributed by atoms with van der Waals surface area (Å²) in [6.45, 7) is 9.53. The zero-order chi connectivity index (χ0) is 13.3. The van der Waals surface area contributed by atoms with Gasteiger partial charge in [-0.2, -0.15) is 0 Å². The third kappa shape index (κ3) is 3.10. The fourth-order valence-corrected chi connectivity index (χ4v) is 1.36. The Bertz CT molecular complexity index is 501. The lowest BCUT2D eigenvalue weighted by atomic mass is 10.1. The Balaban J connectivity index is 3.23. The molecule has 1 N–H and O–H groups in total. The molecule has 0 aliphatic heterocycles. The molecule has 0 spiro atoms. The molecule has 17 heavy (non-hydrogen) atoms. The Labute approximate surface area is 102 Å². The van der Waals surface area contributed by atoms with E-state index in [1.807, 2.05) is 34.6 Å². The van der Waals surface area contributed by atoms with E-state index < -0.39 is 5.54 Å². The molecule has 1 aromatic rings. The summed E-state index contributed by atoms with van der Waals surface area (Å²) in [7, 11) is 0. The first-order valence-electron chi connectivity index (χ1n) is 5.51. The fraction of sp³-hybridized carbons (Fsp3) is 0.538. The first-order valence-corrected chi connectivity index (χ1v) is 5.51. The Kier molecular flexibility index (Phi) is 3.33. The smallest absolute Gasteiger partial charge is 0.293 e. The van der Waals surface area contributed by atoms with Gasteiger partial charge in [0.25, 0.3) is 5.56 Å². The topological polar surface area (TPSA) is 46.9 Å². The predicted octanol–water partition coefficient (Wildman–Crippen LogP) is 1.82. The zero-order valence-electron chi connectivity index (χ0n) is 11.0. The average molecular weight is 233 g/mol. The van der Waals surface area contributed by atoms with Gasteiger partial charge >= 0.3 is 0 Å². The van der Waals surface area contributed by atoms with Crippen LogP contribution in [0.5, 0.6) is 0 Å². The van der Waals surface area contributed by atoms with E-state index in [0.29, 0.717) is 0 Å². The minimum atomic E-state index is -0.594. The van der Waals surface area contributed by atoms with Crippen molar-refractivity contribution < 1.29 is 0 Å². The van der Waals surface area contributed by atoms with E-state index >= 15 is 0 Å². The molecule has 0 bridgehead atoms. The summed E-state index contributed by atoms with van der Waals surface area (Å²) in [4.78, 5) is 16.2. The number of anilines is 1. The molecule has 4 heteroatoms. The average Bonchev–Trinajstić information content (AvgIpc) is 2.19. The van der Waals surface area contributed by atoms with E-state index in [0.717, 1.165) is 0 Å². The van der Waals surface area contributed by atoms with Crippen LogP contribution in [0.15, 0.2) is 17.2 Å². The van der Waals surface area contributed by atoms with Gasteiger partial charge in [-0.05, 0) is 34.6 Å². The second-order valence-electron chi connectivity index (χ2n) is 5.52. The van der Waals surface area contributed by atoms with Gasteiger partial charge in [-0.15, -0.1) is 6.42 Å². The van der Waals surface area contributed by atoms with E-state index in [1.54, 1.807) is 17.0 Å². The predicted molar refractivity (Wildman–Crippen MR) is 70.0 cm³/mol. The molecular formula is C13H19N3O. The van der Waals surface area contributed by atoms with Gasteiger partial charge in [0.1, 0.15) is 0 Å². The first-order chi connectivity index (χ1) is 7.67. The van der Waals surface area contributed by atoms with Crippen LogP contribution in [0.25, 0.3) is 0 Å². The van der Waals surface area contributed by atoms with Gasteiger partial charge in [-0.25, -0.2) is 4.98 Å². The molecule has 92 valence electrons. The monoisotopic (exact) mass is 233 g/mol. The van der Waals surface area contributed by atoms with Gasteiger partial charge in [-0.1, -0.05) is 5.92 Å². The van der Waals surface area contributed by atoms with E-state index in [-0.39, 0.29) is 16.9 Å². The molecule has 0 aliphatic rings. The lowest BCUT2D eigenvalue weighted by molar-refractivity contribution is 0.383. The van der Waals surface area contributed by atoms with Crippen LogP contribution >= 0.6 is 0 Å². The molecule has 0 radical (unpaired) electrons. The molecule has 0 saturated carbocycles. The molecular weight excluding hydrogens is 214 g/mol. The highest BCUT2D eigenvalue weighted by atomic mass is 16.1. The summed E-state index contributed by atoms with van der Waals surface area (Å²) in [6.07, 6.45) is 8.65. The van der Waals surface area contributed by atoms with E-state index in [4.69, 9.17) is 6.42 Å². The molecule has 1 rings (SSSR count). The van der Waals surface area contributed by atoms with Crippen LogP contribution in [-0.4, -0.2) is 15.1 Å². The Morgan fingerprint density at radius 1 is 1.35 bits per heavy atom. The normalized spacial score (nSPS) is 12.0. The summed E-state index contributed by atoms with van der Waals surface area (Å²) in [5, 5.41) is 2.97. The number of rotatable bonds is 2. The van der Waals surface area contributed by atoms with Gasteiger partial charge in [-0.3, -0.25) is 4.79 Å². The lowest BCUT2D eigenvalue weighted by Crippen LogP contribution is -2.38. The second-order valence-corrected chi connectivity index (χ2v) is 5.52. The molecule has 0 aliphatic carbocycles. The molecule has 0 atom stereocenters. The summed E-state index contributed by atoms with van der Waals surface area (Å²) >= 11 is 0. The van der Waals surface area contributed by atoms with Gasteiger partial charge in [0, 0.05) is 17.9 Å². The standard InChI is InChI=1S/C13H19N3O/c1-7-13(5,6)15-10-11(17)16(9-8-14-10)12(2,3)4/h1,8-9H,2-6H3,(H,14,15). The largest absolute Gasteiger partial charge is 0.350 e. The lowest BCUT2D eigenvalue weighted by Gasteiger charge is -2.24. The number of nitrogens with zero attached hydrogens (tertiary/aromatic N) is 2. The van der Waals surface area contributed by atoms with Crippen molar-refractivity contribution in [3.63, 3.8) is 0 Å². The maximum absolute atomic E-state index is 12.2. The summed E-state index contributed by atoms with van der Waals surface area (Å²) in [5.41, 5.74) is -1.04. The van der Waals surface area contributed by atoms with Gasteiger partial charge in [0.15, 0.2) is 5.82 Å². The summed E-state index contributed by atoms with van der Waals surface area (Å²) < 4.78 is 1.63. The van der Waals surface area contributed by atoms with Crippen LogP contribution in [0.2, 0.25) is 0 Å². The molecule has 0 saturated heterocycles. The van der Waals surface area contributed by atoms with Crippen LogP contribution in [0.4, 0.5) is 5.82 Å². The van der Waals surface area contributed by atoms with Crippen LogP contribution in [-0.2, 0) is 5.54 Å². The van der Waals surface area contributed by atoms with Gasteiger partial charge < -0.3 is 9.88 Å². The van der Waals surface area contributed by atoms with Crippen molar-refractivity contribution in [3.8, 4) is 12.3 Å². The van der Waals surface area contributed by atoms with Crippen molar-refractivity contribution in [1.82, 2.24) is 9.55 Å². The second kappa shape index (κ2) is 4.25. The Hall–Kier alpha value is -1.76. The molecule has 0 amide bonds. The Morgan fingerprint density at radius 2 is 1.94 bits per heavy atom. The van der Waals surface area contributed by atoms with Crippen molar-refractivity contribution in [1.29, 1.82) is 0 Å².